The highest BCUT2D eigenvalue weighted by molar-refractivity contribution is 5.86. The van der Waals surface area contributed by atoms with Gasteiger partial charge in [0, 0.05) is 5.92 Å². The van der Waals surface area contributed by atoms with E-state index in [1.165, 1.54) is 5.56 Å². The highest BCUT2D eigenvalue weighted by atomic mass is 16.4. The highest BCUT2D eigenvalue weighted by Crippen LogP contribution is 2.41. The average molecular weight is 271 g/mol. The molecule has 0 amide bonds. The fourth-order valence-electron chi connectivity index (χ4n) is 2.40. The Bertz CT molecular complexity index is 627. The molecule has 1 N–H and O–H groups in total. The molecule has 5 heteroatoms. The first kappa shape index (κ1) is 12.8. The second-order valence-electron chi connectivity index (χ2n) is 5.23. The Hall–Kier alpha value is -2.17. The fourth-order valence-corrected chi connectivity index (χ4v) is 2.40. The zero-order valence-electron chi connectivity index (χ0n) is 11.4. The lowest BCUT2D eigenvalue weighted by Gasteiger charge is -2.07. The van der Waals surface area contributed by atoms with Gasteiger partial charge in [0.05, 0.1) is 12.2 Å². The van der Waals surface area contributed by atoms with E-state index in [2.05, 4.69) is 41.5 Å². The molecule has 1 aliphatic carbocycles. The highest BCUT2D eigenvalue weighted by Gasteiger charge is 2.33. The van der Waals surface area contributed by atoms with Crippen molar-refractivity contribution >= 4 is 5.97 Å². The van der Waals surface area contributed by atoms with Crippen LogP contribution in [0.2, 0.25) is 0 Å². The van der Waals surface area contributed by atoms with Crippen LogP contribution in [-0.2, 0) is 13.0 Å². The van der Waals surface area contributed by atoms with Crippen molar-refractivity contribution in [3.8, 4) is 0 Å². The standard InChI is InChI=1S/C15H17N3O2/c1-2-10-3-5-11(6-4-10)9-18-14(12-7-8-12)13(15(19)20)16-17-18/h3-6,12H,2,7-9H2,1H3,(H,19,20). The third-order valence-electron chi connectivity index (χ3n) is 3.70. The molecule has 20 heavy (non-hydrogen) atoms. The van der Waals surface area contributed by atoms with Crippen LogP contribution in [0.15, 0.2) is 24.3 Å². The van der Waals surface area contributed by atoms with Gasteiger partial charge in [-0.05, 0) is 30.4 Å². The Morgan fingerprint density at radius 3 is 2.50 bits per heavy atom. The van der Waals surface area contributed by atoms with Gasteiger partial charge in [-0.1, -0.05) is 36.4 Å². The van der Waals surface area contributed by atoms with E-state index in [1.807, 2.05) is 0 Å². The maximum absolute atomic E-state index is 11.2. The molecular weight excluding hydrogens is 254 g/mol. The molecular formula is C15H17N3O2. The van der Waals surface area contributed by atoms with Gasteiger partial charge in [-0.25, -0.2) is 9.48 Å². The molecule has 1 aliphatic rings. The first-order valence-corrected chi connectivity index (χ1v) is 6.93. The minimum absolute atomic E-state index is 0.109. The summed E-state index contributed by atoms with van der Waals surface area (Å²) >= 11 is 0. The lowest BCUT2D eigenvalue weighted by atomic mass is 10.1. The van der Waals surface area contributed by atoms with Crippen molar-refractivity contribution in [2.45, 2.75) is 38.6 Å². The van der Waals surface area contributed by atoms with Crippen molar-refractivity contribution in [3.05, 3.63) is 46.8 Å². The van der Waals surface area contributed by atoms with Gasteiger partial charge in [0.1, 0.15) is 0 Å². The summed E-state index contributed by atoms with van der Waals surface area (Å²) in [5.41, 5.74) is 3.29. The number of aryl methyl sites for hydroxylation is 1. The van der Waals surface area contributed by atoms with Gasteiger partial charge < -0.3 is 5.11 Å². The summed E-state index contributed by atoms with van der Waals surface area (Å²) in [5, 5.41) is 17.0. The number of hydrogen-bond donors (Lipinski definition) is 1. The third-order valence-corrected chi connectivity index (χ3v) is 3.70. The predicted molar refractivity (Wildman–Crippen MR) is 73.9 cm³/mol. The minimum Gasteiger partial charge on any atom is -0.476 e. The van der Waals surface area contributed by atoms with E-state index < -0.39 is 5.97 Å². The van der Waals surface area contributed by atoms with Gasteiger partial charge >= 0.3 is 5.97 Å². The van der Waals surface area contributed by atoms with Crippen LogP contribution >= 0.6 is 0 Å². The molecule has 0 bridgehead atoms. The number of aromatic carboxylic acids is 1. The largest absolute Gasteiger partial charge is 0.476 e. The molecule has 1 aromatic carbocycles. The third kappa shape index (κ3) is 2.43. The van der Waals surface area contributed by atoms with Crippen molar-refractivity contribution in [1.29, 1.82) is 0 Å². The molecule has 0 saturated heterocycles. The van der Waals surface area contributed by atoms with Gasteiger partial charge in [0.2, 0.25) is 0 Å². The number of aromatic nitrogens is 3. The lowest BCUT2D eigenvalue weighted by molar-refractivity contribution is 0.0689. The summed E-state index contributed by atoms with van der Waals surface area (Å²) in [5.74, 6) is -0.675. The Morgan fingerprint density at radius 1 is 1.30 bits per heavy atom. The molecule has 0 spiro atoms. The molecule has 1 saturated carbocycles. The van der Waals surface area contributed by atoms with Crippen LogP contribution in [0.4, 0.5) is 0 Å². The zero-order chi connectivity index (χ0) is 14.1. The SMILES string of the molecule is CCc1ccc(Cn2nnc(C(=O)O)c2C2CC2)cc1. The quantitative estimate of drug-likeness (QED) is 0.907. The molecule has 5 nitrogen and oxygen atoms in total. The topological polar surface area (TPSA) is 68.0 Å². The molecule has 1 fully saturated rings. The fraction of sp³-hybridized carbons (Fsp3) is 0.400. The van der Waals surface area contributed by atoms with Crippen LogP contribution in [0.5, 0.6) is 0 Å². The van der Waals surface area contributed by atoms with E-state index in [-0.39, 0.29) is 5.69 Å². The molecule has 2 aromatic rings. The number of carboxylic acid groups (broad SMARTS) is 1. The first-order valence-electron chi connectivity index (χ1n) is 6.93. The van der Waals surface area contributed by atoms with Crippen LogP contribution in [0.1, 0.15) is 53.0 Å². The van der Waals surface area contributed by atoms with Crippen LogP contribution < -0.4 is 0 Å². The summed E-state index contributed by atoms with van der Waals surface area (Å²) in [7, 11) is 0. The summed E-state index contributed by atoms with van der Waals surface area (Å²) in [6, 6.07) is 8.33. The van der Waals surface area contributed by atoms with Gasteiger partial charge in [-0.15, -0.1) is 5.10 Å². The maximum atomic E-state index is 11.2. The molecule has 1 heterocycles. The van der Waals surface area contributed by atoms with Crippen molar-refractivity contribution < 1.29 is 9.90 Å². The molecule has 1 aromatic heterocycles. The molecule has 104 valence electrons. The van der Waals surface area contributed by atoms with Crippen LogP contribution in [-0.4, -0.2) is 26.1 Å². The van der Waals surface area contributed by atoms with E-state index in [0.29, 0.717) is 12.5 Å². The van der Waals surface area contributed by atoms with Crippen molar-refractivity contribution in [1.82, 2.24) is 15.0 Å². The van der Waals surface area contributed by atoms with E-state index in [1.54, 1.807) is 4.68 Å². The summed E-state index contributed by atoms with van der Waals surface area (Å²) in [4.78, 5) is 11.2. The van der Waals surface area contributed by atoms with Gasteiger partial charge in [-0.3, -0.25) is 0 Å². The van der Waals surface area contributed by atoms with Crippen molar-refractivity contribution in [2.75, 3.05) is 0 Å². The Morgan fingerprint density at radius 2 is 1.95 bits per heavy atom. The summed E-state index contributed by atoms with van der Waals surface area (Å²) < 4.78 is 1.74. The molecule has 3 rings (SSSR count). The average Bonchev–Trinajstić information content (AvgIpc) is 3.20. The second kappa shape index (κ2) is 5.07. The van der Waals surface area contributed by atoms with Crippen molar-refractivity contribution in [3.63, 3.8) is 0 Å². The molecule has 0 radical (unpaired) electrons. The predicted octanol–water partition coefficient (Wildman–Crippen LogP) is 2.46. The van der Waals surface area contributed by atoms with Crippen LogP contribution in [0.3, 0.4) is 0 Å². The summed E-state index contributed by atoms with van der Waals surface area (Å²) in [6.07, 6.45) is 3.07. The number of carboxylic acids is 1. The first-order chi connectivity index (χ1) is 9.69. The second-order valence-corrected chi connectivity index (χ2v) is 5.23. The van der Waals surface area contributed by atoms with Crippen LogP contribution in [0.25, 0.3) is 0 Å². The van der Waals surface area contributed by atoms with Gasteiger partial charge in [-0.2, -0.15) is 0 Å². The van der Waals surface area contributed by atoms with Gasteiger partial charge in [0.25, 0.3) is 0 Å². The minimum atomic E-state index is -0.987. The summed E-state index contributed by atoms with van der Waals surface area (Å²) in [6.45, 7) is 2.70. The van der Waals surface area contributed by atoms with E-state index in [4.69, 9.17) is 0 Å². The molecule has 0 atom stereocenters. The number of carbonyl (C=O) groups is 1. The van der Waals surface area contributed by atoms with E-state index in [0.717, 1.165) is 30.5 Å². The zero-order valence-corrected chi connectivity index (χ0v) is 11.4. The number of rotatable bonds is 5. The number of hydrogen-bond acceptors (Lipinski definition) is 3. The number of nitrogens with zero attached hydrogens (tertiary/aromatic N) is 3. The Kier molecular flexibility index (Phi) is 3.26. The van der Waals surface area contributed by atoms with Crippen LogP contribution in [0, 0.1) is 0 Å². The van der Waals surface area contributed by atoms with E-state index >= 15 is 0 Å². The lowest BCUT2D eigenvalue weighted by Crippen LogP contribution is -2.08. The maximum Gasteiger partial charge on any atom is 0.358 e. The van der Waals surface area contributed by atoms with Crippen molar-refractivity contribution in [2.24, 2.45) is 0 Å². The number of benzene rings is 1. The molecule has 0 unspecified atom stereocenters. The van der Waals surface area contributed by atoms with Gasteiger partial charge in [0.15, 0.2) is 5.69 Å². The smallest absolute Gasteiger partial charge is 0.358 e. The normalized spacial score (nSPS) is 14.4. The monoisotopic (exact) mass is 271 g/mol. The Labute approximate surface area is 117 Å². The molecule has 0 aliphatic heterocycles. The Balaban J connectivity index is 1.88. The van der Waals surface area contributed by atoms with E-state index in [9.17, 15) is 9.90 Å².